The maximum atomic E-state index is 12.7. The van der Waals surface area contributed by atoms with E-state index in [0.717, 1.165) is 79.8 Å². The van der Waals surface area contributed by atoms with Crippen LogP contribution in [-0.2, 0) is 14.3 Å². The maximum absolute atomic E-state index is 12.7. The van der Waals surface area contributed by atoms with Crippen molar-refractivity contribution in [1.29, 1.82) is 0 Å². The Hall–Kier alpha value is -4.55. The number of nitrogens with zero attached hydrogens (tertiary/aromatic N) is 6. The van der Waals surface area contributed by atoms with E-state index in [0.29, 0.717) is 62.4 Å². The molecule has 1 amide bonds. The van der Waals surface area contributed by atoms with Gasteiger partial charge < -0.3 is 29.3 Å². The zero-order chi connectivity index (χ0) is 36.5. The molecule has 0 bridgehead atoms. The SMILES string of the molecule is C=CC(=O)Nc1cc(-c2cc3c(cn2)cc(C2=C(Cl)CC(OC)=CC(OC)=C2Cl)c2nccn23)c(OC)cc1N1CCC(N2CCN(C)CC2)CC1. The van der Waals surface area contributed by atoms with E-state index in [-0.39, 0.29) is 5.91 Å². The Kier molecular flexibility index (Phi) is 10.5. The van der Waals surface area contributed by atoms with E-state index < -0.39 is 0 Å². The van der Waals surface area contributed by atoms with Crippen molar-refractivity contribution in [3.8, 4) is 17.0 Å². The van der Waals surface area contributed by atoms with Crippen LogP contribution in [0.4, 0.5) is 11.4 Å². The molecule has 3 aromatic heterocycles. The van der Waals surface area contributed by atoms with E-state index in [1.165, 1.54) is 6.08 Å². The first kappa shape index (κ1) is 35.8. The third-order valence-electron chi connectivity index (χ3n) is 10.3. The average Bonchev–Trinajstić information content (AvgIpc) is 3.63. The quantitative estimate of drug-likeness (QED) is 0.184. The Morgan fingerprint density at radius 3 is 2.42 bits per heavy atom. The number of nitrogens with one attached hydrogen (secondary N) is 1. The highest BCUT2D eigenvalue weighted by molar-refractivity contribution is 6.43. The average molecular weight is 745 g/mol. The molecule has 13 heteroatoms. The van der Waals surface area contributed by atoms with Gasteiger partial charge in [-0.1, -0.05) is 29.8 Å². The fourth-order valence-corrected chi connectivity index (χ4v) is 8.18. The minimum Gasteiger partial charge on any atom is -0.501 e. The fraction of sp³-hybridized carbons (Fsp3) is 0.359. The van der Waals surface area contributed by atoms with Crippen LogP contribution in [-0.4, -0.2) is 104 Å². The van der Waals surface area contributed by atoms with E-state index in [2.05, 4.69) is 33.6 Å². The van der Waals surface area contributed by atoms with Gasteiger partial charge in [0.05, 0.1) is 48.9 Å². The number of pyridine rings is 2. The van der Waals surface area contributed by atoms with Gasteiger partial charge >= 0.3 is 0 Å². The summed E-state index contributed by atoms with van der Waals surface area (Å²) in [6.07, 6.45) is 10.9. The number of methoxy groups -OCH3 is 3. The van der Waals surface area contributed by atoms with Gasteiger partial charge in [0.2, 0.25) is 5.91 Å². The summed E-state index contributed by atoms with van der Waals surface area (Å²) in [5.74, 6) is 1.43. The Labute approximate surface area is 313 Å². The molecule has 0 radical (unpaired) electrons. The van der Waals surface area contributed by atoms with Gasteiger partial charge in [0.1, 0.15) is 22.9 Å². The number of carbonyl (C=O) groups is 1. The van der Waals surface area contributed by atoms with Gasteiger partial charge in [0, 0.05) is 110 Å². The Morgan fingerprint density at radius 1 is 0.962 bits per heavy atom. The van der Waals surface area contributed by atoms with Gasteiger partial charge in [0.25, 0.3) is 0 Å². The maximum Gasteiger partial charge on any atom is 0.247 e. The number of hydrogen-bond donors (Lipinski definition) is 1. The number of ether oxygens (including phenoxy) is 3. The molecule has 1 aromatic carbocycles. The molecule has 1 N–H and O–H groups in total. The topological polar surface area (TPSA) is 96.7 Å². The fourth-order valence-electron chi connectivity index (χ4n) is 7.45. The van der Waals surface area contributed by atoms with Crippen LogP contribution >= 0.6 is 23.2 Å². The lowest BCUT2D eigenvalue weighted by atomic mass is 9.99. The van der Waals surface area contributed by atoms with Crippen molar-refractivity contribution < 1.29 is 19.0 Å². The molecule has 2 fully saturated rings. The standard InChI is InChI=1S/C39H43Cl2N7O4/c1-6-36(49)44-31-20-27(34(51-4)22-33(31)47-10-7-25(8-11-47)46-15-13-45(2)14-16-46)30-21-32-24(23-43-30)17-28(39-42-9-12-48(32)39)37-29(40)18-26(50-3)19-35(52-5)38(37)41/h6,9,12,17,19-23,25H,1,7-8,10-11,13-16,18H2,2-5H3,(H,44,49). The summed E-state index contributed by atoms with van der Waals surface area (Å²) in [6, 6.07) is 8.50. The summed E-state index contributed by atoms with van der Waals surface area (Å²) in [4.78, 5) is 29.7. The van der Waals surface area contributed by atoms with Gasteiger partial charge in [-0.3, -0.25) is 19.1 Å². The summed E-state index contributed by atoms with van der Waals surface area (Å²) in [7, 11) is 6.99. The first-order valence-corrected chi connectivity index (χ1v) is 18.1. The number of halogens is 2. The lowest BCUT2D eigenvalue weighted by Crippen LogP contribution is -2.52. The predicted octanol–water partition coefficient (Wildman–Crippen LogP) is 6.88. The molecule has 0 spiro atoms. The number of fused-ring (bicyclic) bond motifs is 3. The second-order valence-corrected chi connectivity index (χ2v) is 14.1. The second kappa shape index (κ2) is 15.2. The molecular formula is C39H43Cl2N7O4. The number of aromatic nitrogens is 3. The first-order valence-electron chi connectivity index (χ1n) is 17.4. The number of allylic oxidation sites excluding steroid dienone is 4. The summed E-state index contributed by atoms with van der Waals surface area (Å²) in [6.45, 7) is 9.86. The molecule has 11 nitrogen and oxygen atoms in total. The number of hydrogen-bond acceptors (Lipinski definition) is 9. The van der Waals surface area contributed by atoms with Crippen molar-refractivity contribution >= 4 is 62.6 Å². The number of piperidine rings is 1. The van der Waals surface area contributed by atoms with Crippen molar-refractivity contribution in [2.75, 3.05) is 77.9 Å². The monoisotopic (exact) mass is 743 g/mol. The van der Waals surface area contributed by atoms with Crippen LogP contribution in [0.2, 0.25) is 0 Å². The highest BCUT2D eigenvalue weighted by atomic mass is 35.5. The summed E-state index contributed by atoms with van der Waals surface area (Å²) in [5, 5.41) is 4.76. The number of rotatable bonds is 9. The molecule has 7 rings (SSSR count). The number of benzene rings is 1. The van der Waals surface area contributed by atoms with Crippen molar-refractivity contribution in [2.24, 2.45) is 0 Å². The third kappa shape index (κ3) is 6.86. The highest BCUT2D eigenvalue weighted by Crippen LogP contribution is 2.43. The second-order valence-electron chi connectivity index (χ2n) is 13.3. The first-order chi connectivity index (χ1) is 25.2. The number of amides is 1. The Morgan fingerprint density at radius 2 is 1.73 bits per heavy atom. The third-order valence-corrected chi connectivity index (χ3v) is 11.0. The van der Waals surface area contributed by atoms with Crippen molar-refractivity contribution in [2.45, 2.75) is 25.3 Å². The lowest BCUT2D eigenvalue weighted by molar-refractivity contribution is -0.111. The summed E-state index contributed by atoms with van der Waals surface area (Å²) < 4.78 is 19.1. The summed E-state index contributed by atoms with van der Waals surface area (Å²) >= 11 is 13.9. The van der Waals surface area contributed by atoms with E-state index in [9.17, 15) is 4.79 Å². The zero-order valence-corrected chi connectivity index (χ0v) is 31.4. The predicted molar refractivity (Wildman–Crippen MR) is 208 cm³/mol. The van der Waals surface area contributed by atoms with E-state index in [1.54, 1.807) is 33.6 Å². The van der Waals surface area contributed by atoms with Crippen LogP contribution in [0.5, 0.6) is 5.75 Å². The van der Waals surface area contributed by atoms with E-state index in [1.807, 2.05) is 41.1 Å². The molecule has 1 aliphatic carbocycles. The Balaban J connectivity index is 1.27. The van der Waals surface area contributed by atoms with Crippen molar-refractivity contribution in [3.05, 3.63) is 88.7 Å². The lowest BCUT2D eigenvalue weighted by Gasteiger charge is -2.43. The molecule has 2 aliphatic heterocycles. The normalized spacial score (nSPS) is 18.1. The van der Waals surface area contributed by atoms with Gasteiger partial charge in [-0.25, -0.2) is 4.98 Å². The van der Waals surface area contributed by atoms with Crippen LogP contribution in [0, 0.1) is 0 Å². The molecule has 272 valence electrons. The highest BCUT2D eigenvalue weighted by Gasteiger charge is 2.29. The molecule has 5 heterocycles. The van der Waals surface area contributed by atoms with Crippen molar-refractivity contribution in [3.63, 3.8) is 0 Å². The molecule has 52 heavy (non-hydrogen) atoms. The van der Waals surface area contributed by atoms with Gasteiger partial charge in [-0.2, -0.15) is 0 Å². The molecule has 4 aromatic rings. The van der Waals surface area contributed by atoms with Crippen LogP contribution < -0.4 is 15.0 Å². The minimum atomic E-state index is -0.285. The molecule has 3 aliphatic rings. The van der Waals surface area contributed by atoms with Crippen LogP contribution in [0.15, 0.2) is 83.2 Å². The number of piperazine rings is 1. The number of imidazole rings is 1. The zero-order valence-electron chi connectivity index (χ0n) is 29.9. The molecular weight excluding hydrogens is 701 g/mol. The van der Waals surface area contributed by atoms with Gasteiger partial charge in [-0.05, 0) is 44.2 Å². The van der Waals surface area contributed by atoms with Crippen LogP contribution in [0.25, 0.3) is 33.4 Å². The Bertz CT molecular complexity index is 2130. The van der Waals surface area contributed by atoms with Crippen LogP contribution in [0.3, 0.4) is 0 Å². The number of likely N-dealkylation sites (N-methyl/N-ethyl adjacent to an activating group) is 1. The van der Waals surface area contributed by atoms with Gasteiger partial charge in [-0.15, -0.1) is 0 Å². The van der Waals surface area contributed by atoms with E-state index in [4.69, 9.17) is 47.4 Å². The number of anilines is 2. The smallest absolute Gasteiger partial charge is 0.247 e. The largest absolute Gasteiger partial charge is 0.501 e. The van der Waals surface area contributed by atoms with Gasteiger partial charge in [0.15, 0.2) is 0 Å². The van der Waals surface area contributed by atoms with Crippen LogP contribution in [0.1, 0.15) is 24.8 Å². The molecule has 0 atom stereocenters. The minimum absolute atomic E-state index is 0.285. The summed E-state index contributed by atoms with van der Waals surface area (Å²) in [5.41, 5.74) is 5.86. The number of carbonyl (C=O) groups excluding carboxylic acids is 1. The van der Waals surface area contributed by atoms with E-state index >= 15 is 0 Å². The molecule has 2 saturated heterocycles. The molecule has 0 unspecified atom stereocenters. The van der Waals surface area contributed by atoms with Crippen molar-refractivity contribution in [1.82, 2.24) is 24.2 Å². The molecule has 0 saturated carbocycles.